The Bertz CT molecular complexity index is 458. The first kappa shape index (κ1) is 16.5. The second-order valence-corrected chi connectivity index (χ2v) is 4.90. The van der Waals surface area contributed by atoms with Gasteiger partial charge < -0.3 is 10.4 Å². The Morgan fingerprint density at radius 3 is 2.45 bits per heavy atom. The van der Waals surface area contributed by atoms with Gasteiger partial charge in [0.2, 0.25) is 0 Å². The van der Waals surface area contributed by atoms with Gasteiger partial charge in [0.25, 0.3) is 5.91 Å². The summed E-state index contributed by atoms with van der Waals surface area (Å²) in [5.74, 6) is -0.747. The van der Waals surface area contributed by atoms with Crippen LogP contribution in [-0.2, 0) is 6.18 Å². The van der Waals surface area contributed by atoms with Crippen molar-refractivity contribution >= 4 is 5.91 Å². The second-order valence-electron chi connectivity index (χ2n) is 4.90. The number of alkyl halides is 3. The number of rotatable bonds is 5. The minimum atomic E-state index is -4.56. The molecule has 1 aromatic rings. The molecule has 0 aromatic heterocycles. The van der Waals surface area contributed by atoms with Crippen LogP contribution in [-0.4, -0.2) is 23.7 Å². The van der Waals surface area contributed by atoms with Gasteiger partial charge in [-0.05, 0) is 24.5 Å². The van der Waals surface area contributed by atoms with Gasteiger partial charge in [-0.1, -0.05) is 26.0 Å². The SMILES string of the molecule is CC(C)C(O)CCNC(=O)c1ccccc1C(F)(F)F. The van der Waals surface area contributed by atoms with Gasteiger partial charge in [0.15, 0.2) is 0 Å². The number of benzene rings is 1. The molecular formula is C14H18F3NO2. The fourth-order valence-corrected chi connectivity index (χ4v) is 1.69. The van der Waals surface area contributed by atoms with Crippen molar-refractivity contribution in [3.63, 3.8) is 0 Å². The van der Waals surface area contributed by atoms with Crippen LogP contribution in [0.2, 0.25) is 0 Å². The maximum absolute atomic E-state index is 12.7. The van der Waals surface area contributed by atoms with Crippen LogP contribution in [0.1, 0.15) is 36.2 Å². The first-order valence-electron chi connectivity index (χ1n) is 6.36. The van der Waals surface area contributed by atoms with Gasteiger partial charge in [-0.25, -0.2) is 0 Å². The largest absolute Gasteiger partial charge is 0.417 e. The van der Waals surface area contributed by atoms with Crippen molar-refractivity contribution in [2.24, 2.45) is 5.92 Å². The number of carbonyl (C=O) groups excluding carboxylic acids is 1. The van der Waals surface area contributed by atoms with Crippen LogP contribution in [0.25, 0.3) is 0 Å². The number of hydrogen-bond donors (Lipinski definition) is 2. The number of amides is 1. The summed E-state index contributed by atoms with van der Waals surface area (Å²) in [4.78, 5) is 11.8. The third-order valence-electron chi connectivity index (χ3n) is 2.97. The van der Waals surface area contributed by atoms with Crippen LogP contribution in [0.3, 0.4) is 0 Å². The summed E-state index contributed by atoms with van der Waals surface area (Å²) in [5.41, 5.74) is -1.36. The molecule has 1 unspecified atom stereocenters. The van der Waals surface area contributed by atoms with Gasteiger partial charge in [-0.15, -0.1) is 0 Å². The zero-order valence-corrected chi connectivity index (χ0v) is 11.4. The molecule has 0 radical (unpaired) electrons. The van der Waals surface area contributed by atoms with Gasteiger partial charge in [0.05, 0.1) is 17.2 Å². The summed E-state index contributed by atoms with van der Waals surface area (Å²) in [7, 11) is 0. The number of carbonyl (C=O) groups is 1. The van der Waals surface area contributed by atoms with E-state index in [1.165, 1.54) is 12.1 Å². The Morgan fingerprint density at radius 2 is 1.90 bits per heavy atom. The highest BCUT2D eigenvalue weighted by molar-refractivity contribution is 5.95. The molecule has 1 amide bonds. The Hall–Kier alpha value is -1.56. The van der Waals surface area contributed by atoms with E-state index < -0.39 is 29.3 Å². The van der Waals surface area contributed by atoms with E-state index in [4.69, 9.17) is 0 Å². The normalized spacial score (nSPS) is 13.3. The zero-order chi connectivity index (χ0) is 15.3. The van der Waals surface area contributed by atoms with Crippen molar-refractivity contribution in [3.05, 3.63) is 35.4 Å². The van der Waals surface area contributed by atoms with Crippen molar-refractivity contribution in [1.82, 2.24) is 5.32 Å². The molecule has 0 aliphatic rings. The first-order chi connectivity index (χ1) is 9.23. The lowest BCUT2D eigenvalue weighted by Gasteiger charge is -2.15. The third kappa shape index (κ3) is 4.52. The van der Waals surface area contributed by atoms with E-state index in [1.54, 1.807) is 0 Å². The van der Waals surface area contributed by atoms with Crippen molar-refractivity contribution in [2.45, 2.75) is 32.5 Å². The summed E-state index contributed by atoms with van der Waals surface area (Å²) in [6.45, 7) is 3.78. The van der Waals surface area contributed by atoms with Crippen LogP contribution < -0.4 is 5.32 Å². The number of aliphatic hydroxyl groups is 1. The number of halogens is 3. The maximum atomic E-state index is 12.7. The standard InChI is InChI=1S/C14H18F3NO2/c1-9(2)12(19)7-8-18-13(20)10-5-3-4-6-11(10)14(15,16)17/h3-6,9,12,19H,7-8H2,1-2H3,(H,18,20). The Balaban J connectivity index is 2.69. The van der Waals surface area contributed by atoms with Crippen molar-refractivity contribution in [1.29, 1.82) is 0 Å². The van der Waals surface area contributed by atoms with Gasteiger partial charge in [-0.3, -0.25) is 4.79 Å². The van der Waals surface area contributed by atoms with E-state index in [0.29, 0.717) is 6.42 Å². The van der Waals surface area contributed by atoms with Crippen molar-refractivity contribution < 1.29 is 23.1 Å². The predicted octanol–water partition coefficient (Wildman–Crippen LogP) is 2.84. The van der Waals surface area contributed by atoms with E-state index in [9.17, 15) is 23.1 Å². The minimum Gasteiger partial charge on any atom is -0.393 e. The molecule has 0 heterocycles. The molecule has 2 N–H and O–H groups in total. The molecule has 0 spiro atoms. The van der Waals surface area contributed by atoms with E-state index in [1.807, 2.05) is 13.8 Å². The lowest BCUT2D eigenvalue weighted by Crippen LogP contribution is -2.30. The summed E-state index contributed by atoms with van der Waals surface area (Å²) in [5, 5.41) is 12.0. The quantitative estimate of drug-likeness (QED) is 0.875. The van der Waals surface area contributed by atoms with Gasteiger partial charge in [0, 0.05) is 6.54 Å². The Morgan fingerprint density at radius 1 is 1.30 bits per heavy atom. The number of aliphatic hydroxyl groups excluding tert-OH is 1. The highest BCUT2D eigenvalue weighted by Crippen LogP contribution is 2.31. The highest BCUT2D eigenvalue weighted by atomic mass is 19.4. The molecule has 6 heteroatoms. The monoisotopic (exact) mass is 289 g/mol. The number of hydrogen-bond acceptors (Lipinski definition) is 2. The smallest absolute Gasteiger partial charge is 0.393 e. The Labute approximate surface area is 115 Å². The minimum absolute atomic E-state index is 0.0364. The molecular weight excluding hydrogens is 271 g/mol. The predicted molar refractivity (Wildman–Crippen MR) is 69.2 cm³/mol. The summed E-state index contributed by atoms with van der Waals surface area (Å²) in [6.07, 6.45) is -4.85. The molecule has 0 bridgehead atoms. The molecule has 0 saturated heterocycles. The topological polar surface area (TPSA) is 49.3 Å². The van der Waals surface area contributed by atoms with Crippen molar-refractivity contribution in [3.8, 4) is 0 Å². The molecule has 0 aliphatic heterocycles. The molecule has 1 atom stereocenters. The van der Waals surface area contributed by atoms with Gasteiger partial charge in [-0.2, -0.15) is 13.2 Å². The summed E-state index contributed by atoms with van der Waals surface area (Å²) < 4.78 is 38.2. The fourth-order valence-electron chi connectivity index (χ4n) is 1.69. The molecule has 20 heavy (non-hydrogen) atoms. The average molecular weight is 289 g/mol. The maximum Gasteiger partial charge on any atom is 0.417 e. The first-order valence-corrected chi connectivity index (χ1v) is 6.36. The van der Waals surface area contributed by atoms with Crippen molar-refractivity contribution in [2.75, 3.05) is 6.54 Å². The van der Waals surface area contributed by atoms with Crippen LogP contribution in [0.15, 0.2) is 24.3 Å². The molecule has 0 fully saturated rings. The molecule has 3 nitrogen and oxygen atoms in total. The summed E-state index contributed by atoms with van der Waals surface area (Å²) in [6, 6.07) is 4.63. The Kier molecular flexibility index (Phi) is 5.56. The van der Waals surface area contributed by atoms with Gasteiger partial charge in [0.1, 0.15) is 0 Å². The van der Waals surface area contributed by atoms with Crippen LogP contribution in [0, 0.1) is 5.92 Å². The van der Waals surface area contributed by atoms with E-state index in [0.717, 1.165) is 12.1 Å². The van der Waals surface area contributed by atoms with Crippen LogP contribution in [0.4, 0.5) is 13.2 Å². The van der Waals surface area contributed by atoms with E-state index in [2.05, 4.69) is 5.32 Å². The fraction of sp³-hybridized carbons (Fsp3) is 0.500. The highest BCUT2D eigenvalue weighted by Gasteiger charge is 2.34. The molecule has 112 valence electrons. The molecule has 1 rings (SSSR count). The van der Waals surface area contributed by atoms with E-state index >= 15 is 0 Å². The third-order valence-corrected chi connectivity index (χ3v) is 2.97. The molecule has 0 aliphatic carbocycles. The van der Waals surface area contributed by atoms with Crippen LogP contribution in [0.5, 0.6) is 0 Å². The lowest BCUT2D eigenvalue weighted by atomic mass is 10.0. The second kappa shape index (κ2) is 6.74. The van der Waals surface area contributed by atoms with Gasteiger partial charge >= 0.3 is 6.18 Å². The molecule has 0 saturated carbocycles. The van der Waals surface area contributed by atoms with E-state index in [-0.39, 0.29) is 12.5 Å². The lowest BCUT2D eigenvalue weighted by molar-refractivity contribution is -0.137. The summed E-state index contributed by atoms with van der Waals surface area (Å²) >= 11 is 0. The van der Waals surface area contributed by atoms with Crippen LogP contribution >= 0.6 is 0 Å². The average Bonchev–Trinajstić information content (AvgIpc) is 2.37. The molecule has 1 aromatic carbocycles. The zero-order valence-electron chi connectivity index (χ0n) is 11.4. The number of nitrogens with one attached hydrogen (secondary N) is 1.